The van der Waals surface area contributed by atoms with E-state index in [0.717, 1.165) is 38.5 Å². The second-order valence-electron chi connectivity index (χ2n) is 15.7. The summed E-state index contributed by atoms with van der Waals surface area (Å²) in [5.74, 6) is -0.204. The molecule has 0 rings (SSSR count). The molecular formula is C43H83N2O6P. The number of phosphoric ester groups is 1. The average molecular weight is 755 g/mol. The highest BCUT2D eigenvalue weighted by Crippen LogP contribution is 2.38. The van der Waals surface area contributed by atoms with E-state index in [4.69, 9.17) is 9.05 Å². The summed E-state index contributed by atoms with van der Waals surface area (Å²) in [4.78, 5) is 25.2. The minimum Gasteiger partial charge on any atom is -0.756 e. The van der Waals surface area contributed by atoms with Crippen LogP contribution < -0.4 is 10.2 Å². The van der Waals surface area contributed by atoms with Crippen molar-refractivity contribution in [3.8, 4) is 0 Å². The molecule has 1 amide bonds. The monoisotopic (exact) mass is 755 g/mol. The predicted octanol–water partition coefficient (Wildman–Crippen LogP) is 10.9. The van der Waals surface area contributed by atoms with Crippen LogP contribution in [-0.4, -0.2) is 68.5 Å². The van der Waals surface area contributed by atoms with E-state index in [1.54, 1.807) is 6.08 Å². The van der Waals surface area contributed by atoms with Gasteiger partial charge in [0.15, 0.2) is 0 Å². The second-order valence-corrected chi connectivity index (χ2v) is 17.1. The standard InChI is InChI=1S/C43H83N2O6P/c1-6-8-10-12-14-16-18-19-20-21-22-23-24-25-27-29-31-33-35-37-43(47)44-41(40-51-52(48,49)50-39-38-45(3,4)5)42(46)36-34-32-30-28-26-17-15-13-11-9-7-2/h14,16,18-19,34,36,41-42,46H,6-13,15,17,20-33,35,37-40H2,1-5H3,(H-,44,47,48,49)/b16-14-,19-18-,36-34+. The smallest absolute Gasteiger partial charge is 0.268 e. The molecule has 9 heteroatoms. The molecule has 2 N–H and O–H groups in total. The fraction of sp³-hybridized carbons (Fsp3) is 0.837. The van der Waals surface area contributed by atoms with Crippen LogP contribution in [0, 0.1) is 0 Å². The molecule has 0 aromatic rings. The maximum Gasteiger partial charge on any atom is 0.268 e. The highest BCUT2D eigenvalue weighted by molar-refractivity contribution is 7.45. The van der Waals surface area contributed by atoms with Gasteiger partial charge in [0.05, 0.1) is 39.9 Å². The highest BCUT2D eigenvalue weighted by atomic mass is 31.2. The van der Waals surface area contributed by atoms with Gasteiger partial charge in [0.2, 0.25) is 5.91 Å². The van der Waals surface area contributed by atoms with Crippen LogP contribution in [0.3, 0.4) is 0 Å². The van der Waals surface area contributed by atoms with E-state index in [1.165, 1.54) is 122 Å². The molecule has 3 atom stereocenters. The van der Waals surface area contributed by atoms with Gasteiger partial charge in [-0.3, -0.25) is 9.36 Å². The first-order valence-electron chi connectivity index (χ1n) is 21.4. The summed E-state index contributed by atoms with van der Waals surface area (Å²) >= 11 is 0. The number of rotatable bonds is 38. The van der Waals surface area contributed by atoms with Crippen molar-refractivity contribution in [3.63, 3.8) is 0 Å². The van der Waals surface area contributed by atoms with Gasteiger partial charge in [-0.1, -0.05) is 166 Å². The first-order valence-corrected chi connectivity index (χ1v) is 22.8. The topological polar surface area (TPSA) is 108 Å². The number of unbranched alkanes of at least 4 members (excludes halogenated alkanes) is 22. The lowest BCUT2D eigenvalue weighted by atomic mass is 10.0. The normalized spacial score (nSPS) is 14.8. The maximum atomic E-state index is 12.8. The number of amides is 1. The molecule has 0 spiro atoms. The molecule has 3 unspecified atom stereocenters. The molecule has 0 aromatic carbocycles. The molecule has 8 nitrogen and oxygen atoms in total. The second kappa shape index (κ2) is 35.4. The molecule has 52 heavy (non-hydrogen) atoms. The number of hydrogen-bond donors (Lipinski definition) is 2. The van der Waals surface area contributed by atoms with Crippen molar-refractivity contribution in [2.45, 2.75) is 193 Å². The van der Waals surface area contributed by atoms with E-state index in [1.807, 2.05) is 27.2 Å². The summed E-state index contributed by atoms with van der Waals surface area (Å²) in [6.07, 6.45) is 41.8. The molecule has 0 aliphatic carbocycles. The third-order valence-corrected chi connectivity index (χ3v) is 10.3. The Balaban J connectivity index is 4.38. The quantitative estimate of drug-likeness (QED) is 0.0214. The Labute approximate surface area is 321 Å². The number of nitrogens with zero attached hydrogens (tertiary/aromatic N) is 1. The third kappa shape index (κ3) is 37.1. The fourth-order valence-corrected chi connectivity index (χ4v) is 6.63. The number of nitrogens with one attached hydrogen (secondary N) is 1. The van der Waals surface area contributed by atoms with E-state index < -0.39 is 20.0 Å². The maximum absolute atomic E-state index is 12.8. The average Bonchev–Trinajstić information content (AvgIpc) is 3.09. The SMILES string of the molecule is CCCCC/C=C\C=C/CCCCCCCCCCCCC(=O)NC(COP(=O)([O-])OCC[N+](C)(C)C)C(O)/C=C/CCCCCCCCCCC. The first kappa shape index (κ1) is 50.7. The van der Waals surface area contributed by atoms with Gasteiger partial charge in [0.1, 0.15) is 13.2 Å². The van der Waals surface area contributed by atoms with Crippen LogP contribution in [0.2, 0.25) is 0 Å². The Morgan fingerprint density at radius 2 is 1.10 bits per heavy atom. The number of aliphatic hydroxyl groups excluding tert-OH is 1. The molecule has 0 saturated heterocycles. The molecule has 0 aliphatic rings. The van der Waals surface area contributed by atoms with Crippen LogP contribution in [0.4, 0.5) is 0 Å². The van der Waals surface area contributed by atoms with Crippen molar-refractivity contribution < 1.29 is 32.9 Å². The number of carbonyl (C=O) groups excluding carboxylic acids is 1. The van der Waals surface area contributed by atoms with E-state index >= 15 is 0 Å². The number of phosphoric acid groups is 1. The minimum absolute atomic E-state index is 0.00209. The van der Waals surface area contributed by atoms with E-state index in [-0.39, 0.29) is 19.1 Å². The van der Waals surface area contributed by atoms with Gasteiger partial charge >= 0.3 is 0 Å². The van der Waals surface area contributed by atoms with Crippen LogP contribution in [0.15, 0.2) is 36.5 Å². The largest absolute Gasteiger partial charge is 0.756 e. The molecule has 0 bridgehead atoms. The van der Waals surface area contributed by atoms with Crippen LogP contribution in [-0.2, 0) is 18.4 Å². The zero-order valence-corrected chi connectivity index (χ0v) is 35.4. The van der Waals surface area contributed by atoms with E-state index in [9.17, 15) is 19.4 Å². The Morgan fingerprint density at radius 3 is 1.60 bits per heavy atom. The van der Waals surface area contributed by atoms with Crippen molar-refractivity contribution in [1.82, 2.24) is 5.32 Å². The van der Waals surface area contributed by atoms with Crippen LogP contribution in [0.5, 0.6) is 0 Å². The minimum atomic E-state index is -4.58. The van der Waals surface area contributed by atoms with Gasteiger partial charge in [-0.2, -0.15) is 0 Å². The number of aliphatic hydroxyl groups is 1. The summed E-state index contributed by atoms with van der Waals surface area (Å²) in [6.45, 7) is 4.59. The summed E-state index contributed by atoms with van der Waals surface area (Å²) in [6, 6.07) is -0.885. The number of quaternary nitrogens is 1. The van der Waals surface area contributed by atoms with E-state index in [0.29, 0.717) is 17.4 Å². The number of likely N-dealkylation sites (N-methyl/N-ethyl adjacent to an activating group) is 1. The fourth-order valence-electron chi connectivity index (χ4n) is 5.91. The van der Waals surface area contributed by atoms with Gasteiger partial charge in [0.25, 0.3) is 7.82 Å². The van der Waals surface area contributed by atoms with Gasteiger partial charge < -0.3 is 28.8 Å². The summed E-state index contributed by atoms with van der Waals surface area (Å²) in [5.41, 5.74) is 0. The van der Waals surface area contributed by atoms with Crippen LogP contribution in [0.25, 0.3) is 0 Å². The van der Waals surface area contributed by atoms with Gasteiger partial charge in [-0.05, 0) is 44.9 Å². The Kier molecular flexibility index (Phi) is 34.6. The van der Waals surface area contributed by atoms with Gasteiger partial charge in [-0.15, -0.1) is 0 Å². The van der Waals surface area contributed by atoms with Gasteiger partial charge in [-0.25, -0.2) is 0 Å². The summed E-state index contributed by atoms with van der Waals surface area (Å²) < 4.78 is 23.1. The van der Waals surface area contributed by atoms with Crippen molar-refractivity contribution in [3.05, 3.63) is 36.5 Å². The molecule has 0 aromatic heterocycles. The number of hydrogen-bond acceptors (Lipinski definition) is 6. The molecule has 0 aliphatic heterocycles. The molecule has 0 saturated carbocycles. The third-order valence-electron chi connectivity index (χ3n) is 9.37. The molecule has 0 heterocycles. The van der Waals surface area contributed by atoms with E-state index in [2.05, 4.69) is 43.5 Å². The Hall–Kier alpha value is -1.28. The number of allylic oxidation sites excluding steroid dienone is 5. The lowest BCUT2D eigenvalue weighted by Gasteiger charge is -2.29. The summed E-state index contributed by atoms with van der Waals surface area (Å²) in [7, 11) is 1.25. The lowest BCUT2D eigenvalue weighted by molar-refractivity contribution is -0.870. The van der Waals surface area contributed by atoms with Crippen molar-refractivity contribution in [2.24, 2.45) is 0 Å². The molecule has 0 radical (unpaired) electrons. The van der Waals surface area contributed by atoms with Crippen molar-refractivity contribution >= 4 is 13.7 Å². The molecule has 306 valence electrons. The summed E-state index contributed by atoms with van der Waals surface area (Å²) in [5, 5.41) is 13.7. The Bertz CT molecular complexity index is 948. The zero-order valence-electron chi connectivity index (χ0n) is 34.5. The molecular weight excluding hydrogens is 671 g/mol. The van der Waals surface area contributed by atoms with Crippen LogP contribution in [0.1, 0.15) is 181 Å². The lowest BCUT2D eigenvalue weighted by Crippen LogP contribution is -2.45. The van der Waals surface area contributed by atoms with Crippen molar-refractivity contribution in [2.75, 3.05) is 40.9 Å². The first-order chi connectivity index (χ1) is 25.0. The van der Waals surface area contributed by atoms with Crippen molar-refractivity contribution in [1.29, 1.82) is 0 Å². The zero-order chi connectivity index (χ0) is 38.6. The van der Waals surface area contributed by atoms with Crippen LogP contribution >= 0.6 is 7.82 Å². The Morgan fingerprint density at radius 1 is 0.673 bits per heavy atom. The predicted molar refractivity (Wildman–Crippen MR) is 219 cm³/mol. The highest BCUT2D eigenvalue weighted by Gasteiger charge is 2.23. The van der Waals surface area contributed by atoms with Gasteiger partial charge in [0, 0.05) is 6.42 Å². The molecule has 0 fully saturated rings. The number of carbonyl (C=O) groups is 1.